The largest absolute Gasteiger partial charge is 0.458 e. The third kappa shape index (κ3) is 21.1. The molecule has 0 fully saturated rings. The van der Waals surface area contributed by atoms with Crippen molar-refractivity contribution in [1.29, 1.82) is 0 Å². The molecule has 0 aliphatic rings. The predicted molar refractivity (Wildman–Crippen MR) is 108 cm³/mol. The zero-order chi connectivity index (χ0) is 20.3. The van der Waals surface area contributed by atoms with Crippen molar-refractivity contribution in [1.82, 2.24) is 0 Å². The van der Waals surface area contributed by atoms with Crippen molar-refractivity contribution in [2.45, 2.75) is 124 Å². The van der Waals surface area contributed by atoms with Gasteiger partial charge in [0.15, 0.2) is 0 Å². The molecule has 0 rings (SSSR count). The van der Waals surface area contributed by atoms with Crippen LogP contribution in [0.1, 0.15) is 112 Å². The molecule has 0 aromatic heterocycles. The van der Waals surface area contributed by atoms with Crippen LogP contribution in [0.15, 0.2) is 12.2 Å². The molecule has 0 amide bonds. The van der Waals surface area contributed by atoms with Crippen LogP contribution in [0.4, 0.5) is 8.78 Å². The van der Waals surface area contributed by atoms with Gasteiger partial charge in [-0.25, -0.2) is 8.78 Å². The number of esters is 1. The Kier molecular flexibility index (Phi) is 19.8. The normalized spacial score (nSPS) is 12.6. The van der Waals surface area contributed by atoms with Gasteiger partial charge in [-0.3, -0.25) is 4.79 Å². The van der Waals surface area contributed by atoms with Crippen LogP contribution in [-0.2, 0) is 9.53 Å². The van der Waals surface area contributed by atoms with Crippen LogP contribution in [0.3, 0.4) is 0 Å². The van der Waals surface area contributed by atoms with E-state index in [0.29, 0.717) is 12.8 Å². The lowest BCUT2D eigenvalue weighted by Crippen LogP contribution is -2.16. The Morgan fingerprint density at radius 3 is 2.00 bits per heavy atom. The second kappa shape index (κ2) is 18.8. The van der Waals surface area contributed by atoms with E-state index in [1.807, 2.05) is 6.92 Å². The lowest BCUT2D eigenvalue weighted by Gasteiger charge is -2.13. The highest BCUT2D eigenvalue weighted by molar-refractivity contribution is 5.69. The molecule has 0 aliphatic carbocycles. The molecule has 1 atom stereocenters. The van der Waals surface area contributed by atoms with Crippen LogP contribution in [-0.4, -0.2) is 18.0 Å². The van der Waals surface area contributed by atoms with Crippen molar-refractivity contribution in [3.63, 3.8) is 0 Å². The monoisotopic (exact) mass is 376 g/mol. The van der Waals surface area contributed by atoms with Crippen molar-refractivity contribution >= 4 is 5.97 Å². The van der Waals surface area contributed by atoms with Crippen molar-refractivity contribution < 1.29 is 18.3 Å². The van der Waals surface area contributed by atoms with E-state index in [9.17, 15) is 13.6 Å². The van der Waals surface area contributed by atoms with Gasteiger partial charge in [-0.05, 0) is 31.9 Å². The molecule has 0 aromatic carbocycles. The lowest BCUT2D eigenvalue weighted by atomic mass is 10.1. The summed E-state index contributed by atoms with van der Waals surface area (Å²) in [4.78, 5) is 11.6. The Bertz CT molecular complexity index is 341. The summed E-state index contributed by atoms with van der Waals surface area (Å²) >= 11 is 0. The van der Waals surface area contributed by atoms with Gasteiger partial charge in [0.25, 0.3) is 5.92 Å². The number of unbranched alkanes of at least 4 members (excludes halogenated alkanes) is 7. The molecular weight excluding hydrogens is 334 g/mol. The first-order valence-corrected chi connectivity index (χ1v) is 10.6. The molecule has 0 heterocycles. The van der Waals surface area contributed by atoms with Crippen molar-refractivity contribution in [3.05, 3.63) is 12.2 Å². The van der Waals surface area contributed by atoms with Gasteiger partial charge in [0.1, 0.15) is 6.10 Å². The molecular formula is C22H42F2O2. The maximum atomic E-state index is 13.6. The van der Waals surface area contributed by atoms with Gasteiger partial charge in [-0.2, -0.15) is 0 Å². The number of halogens is 2. The fraction of sp³-hybridized carbons (Fsp3) is 0.864. The third-order valence-electron chi connectivity index (χ3n) is 3.78. The van der Waals surface area contributed by atoms with E-state index in [0.717, 1.165) is 38.2 Å². The molecule has 0 aliphatic heterocycles. The topological polar surface area (TPSA) is 26.3 Å². The molecule has 4 heteroatoms. The number of allylic oxidation sites excluding steroid dienone is 1. The number of rotatable bonds is 14. The Balaban J connectivity index is 0. The molecule has 0 saturated carbocycles. The number of alkyl halides is 2. The molecule has 156 valence electrons. The predicted octanol–water partition coefficient (Wildman–Crippen LogP) is 7.86. The van der Waals surface area contributed by atoms with Crippen molar-refractivity contribution in [3.8, 4) is 0 Å². The molecule has 0 saturated heterocycles. The zero-order valence-corrected chi connectivity index (χ0v) is 17.8. The van der Waals surface area contributed by atoms with Crippen LogP contribution >= 0.6 is 0 Å². The SMILES string of the molecule is CCC.CCCCCCCCC(=O)OC(C)/C=C\C(F)(F)CCCCC. The molecule has 0 radical (unpaired) electrons. The average Bonchev–Trinajstić information content (AvgIpc) is 2.57. The summed E-state index contributed by atoms with van der Waals surface area (Å²) in [6.45, 7) is 10.0. The van der Waals surface area contributed by atoms with E-state index in [1.54, 1.807) is 6.92 Å². The van der Waals surface area contributed by atoms with Gasteiger partial charge < -0.3 is 4.74 Å². The third-order valence-corrected chi connectivity index (χ3v) is 3.78. The van der Waals surface area contributed by atoms with Crippen LogP contribution in [0.25, 0.3) is 0 Å². The summed E-state index contributed by atoms with van der Waals surface area (Å²) in [6.07, 6.45) is 11.9. The number of ether oxygens (including phenoxy) is 1. The number of carbonyl (C=O) groups excluding carboxylic acids is 1. The minimum atomic E-state index is -2.81. The van der Waals surface area contributed by atoms with Gasteiger partial charge in [0, 0.05) is 12.8 Å². The second-order valence-electron chi connectivity index (χ2n) is 7.00. The lowest BCUT2D eigenvalue weighted by molar-refractivity contribution is -0.146. The number of carbonyl (C=O) groups is 1. The van der Waals surface area contributed by atoms with Gasteiger partial charge in [0.2, 0.25) is 0 Å². The van der Waals surface area contributed by atoms with E-state index in [1.165, 1.54) is 31.8 Å². The fourth-order valence-electron chi connectivity index (χ4n) is 2.33. The number of hydrogen-bond acceptors (Lipinski definition) is 2. The molecule has 0 N–H and O–H groups in total. The van der Waals surface area contributed by atoms with E-state index in [4.69, 9.17) is 4.74 Å². The summed E-state index contributed by atoms with van der Waals surface area (Å²) in [7, 11) is 0. The first-order chi connectivity index (χ1) is 12.3. The summed E-state index contributed by atoms with van der Waals surface area (Å²) in [5, 5.41) is 0. The first kappa shape index (κ1) is 27.3. The highest BCUT2D eigenvalue weighted by atomic mass is 19.3. The summed E-state index contributed by atoms with van der Waals surface area (Å²) < 4.78 is 32.3. The molecule has 0 aromatic rings. The maximum Gasteiger partial charge on any atom is 0.306 e. The van der Waals surface area contributed by atoms with Crippen LogP contribution in [0.2, 0.25) is 0 Å². The van der Waals surface area contributed by atoms with Gasteiger partial charge >= 0.3 is 5.97 Å². The fourth-order valence-corrected chi connectivity index (χ4v) is 2.33. The molecule has 0 spiro atoms. The van der Waals surface area contributed by atoms with Crippen LogP contribution in [0.5, 0.6) is 0 Å². The van der Waals surface area contributed by atoms with Crippen molar-refractivity contribution in [2.75, 3.05) is 0 Å². The highest BCUT2D eigenvalue weighted by Crippen LogP contribution is 2.23. The zero-order valence-electron chi connectivity index (χ0n) is 17.8. The summed E-state index contributed by atoms with van der Waals surface area (Å²) in [5.41, 5.74) is 0. The Labute approximate surface area is 160 Å². The summed E-state index contributed by atoms with van der Waals surface area (Å²) in [6, 6.07) is 0. The minimum absolute atomic E-state index is 0.143. The Morgan fingerprint density at radius 2 is 1.42 bits per heavy atom. The minimum Gasteiger partial charge on any atom is -0.458 e. The molecule has 26 heavy (non-hydrogen) atoms. The highest BCUT2D eigenvalue weighted by Gasteiger charge is 2.24. The quantitative estimate of drug-likeness (QED) is 0.175. The van der Waals surface area contributed by atoms with E-state index in [2.05, 4.69) is 20.8 Å². The standard InChI is InChI=1S/C19H34F2O2.C3H8/c1-4-6-8-9-10-11-13-18(22)23-17(3)14-16-19(20,21)15-12-7-5-2;1-3-2/h14,16-17H,4-13,15H2,1-3H3;3H2,1-2H3/b16-14-;. The summed E-state index contributed by atoms with van der Waals surface area (Å²) in [5.74, 6) is -3.11. The maximum absolute atomic E-state index is 13.6. The second-order valence-corrected chi connectivity index (χ2v) is 7.00. The molecule has 0 bridgehead atoms. The van der Waals surface area contributed by atoms with E-state index >= 15 is 0 Å². The number of hydrogen-bond donors (Lipinski definition) is 0. The molecule has 1 unspecified atom stereocenters. The first-order valence-electron chi connectivity index (χ1n) is 10.6. The van der Waals surface area contributed by atoms with E-state index < -0.39 is 12.0 Å². The van der Waals surface area contributed by atoms with E-state index in [-0.39, 0.29) is 12.4 Å². The van der Waals surface area contributed by atoms with Gasteiger partial charge in [-0.1, -0.05) is 79.1 Å². The average molecular weight is 377 g/mol. The smallest absolute Gasteiger partial charge is 0.306 e. The Morgan fingerprint density at radius 1 is 0.923 bits per heavy atom. The van der Waals surface area contributed by atoms with Crippen molar-refractivity contribution in [2.24, 2.45) is 0 Å². The Hall–Kier alpha value is -0.930. The van der Waals surface area contributed by atoms with Crippen LogP contribution in [0, 0.1) is 0 Å². The molecule has 2 nitrogen and oxygen atoms in total. The van der Waals surface area contributed by atoms with Crippen LogP contribution < -0.4 is 0 Å². The van der Waals surface area contributed by atoms with Gasteiger partial charge in [-0.15, -0.1) is 0 Å². The van der Waals surface area contributed by atoms with Gasteiger partial charge in [0.05, 0.1) is 0 Å².